The van der Waals surface area contributed by atoms with E-state index < -0.39 is 0 Å². The van der Waals surface area contributed by atoms with Gasteiger partial charge in [0.05, 0.1) is 5.60 Å². The van der Waals surface area contributed by atoms with Crippen LogP contribution >= 0.6 is 0 Å². The SMILES string of the molecule is CC1(C)CCC(C)(O)CC1. The molecular formula is C9H18O. The van der Waals surface area contributed by atoms with Gasteiger partial charge in [0.15, 0.2) is 0 Å². The molecule has 0 amide bonds. The van der Waals surface area contributed by atoms with Gasteiger partial charge in [0.25, 0.3) is 0 Å². The first-order valence-corrected chi connectivity index (χ1v) is 4.14. The van der Waals surface area contributed by atoms with E-state index in [-0.39, 0.29) is 5.60 Å². The first-order chi connectivity index (χ1) is 4.41. The van der Waals surface area contributed by atoms with E-state index in [1.54, 1.807) is 0 Å². The van der Waals surface area contributed by atoms with Gasteiger partial charge in [-0.25, -0.2) is 0 Å². The monoisotopic (exact) mass is 142 g/mol. The molecule has 1 saturated carbocycles. The third-order valence-electron chi connectivity index (χ3n) is 2.68. The van der Waals surface area contributed by atoms with Gasteiger partial charge in [0, 0.05) is 0 Å². The molecule has 10 heavy (non-hydrogen) atoms. The van der Waals surface area contributed by atoms with E-state index in [9.17, 15) is 5.11 Å². The second kappa shape index (κ2) is 2.23. The molecule has 1 heteroatoms. The fourth-order valence-corrected chi connectivity index (χ4v) is 1.47. The molecule has 0 atom stereocenters. The standard InChI is InChI=1S/C9H18O/c1-8(2)4-6-9(3,10)7-5-8/h10H,4-7H2,1-3H3. The van der Waals surface area contributed by atoms with E-state index in [2.05, 4.69) is 13.8 Å². The summed E-state index contributed by atoms with van der Waals surface area (Å²) >= 11 is 0. The van der Waals surface area contributed by atoms with Crippen LogP contribution in [0.2, 0.25) is 0 Å². The van der Waals surface area contributed by atoms with Gasteiger partial charge in [-0.2, -0.15) is 0 Å². The average molecular weight is 142 g/mol. The van der Waals surface area contributed by atoms with Crippen LogP contribution in [0.1, 0.15) is 46.5 Å². The Morgan fingerprint density at radius 1 is 0.900 bits per heavy atom. The Bertz CT molecular complexity index is 96.7. The van der Waals surface area contributed by atoms with Gasteiger partial charge in [-0.15, -0.1) is 0 Å². The number of aliphatic hydroxyl groups is 1. The fraction of sp³-hybridized carbons (Fsp3) is 1.00. The van der Waals surface area contributed by atoms with Crippen molar-refractivity contribution in [3.05, 3.63) is 0 Å². The Morgan fingerprint density at radius 3 is 1.60 bits per heavy atom. The molecule has 1 aliphatic rings. The Hall–Kier alpha value is -0.0400. The molecule has 1 N–H and O–H groups in total. The van der Waals surface area contributed by atoms with E-state index >= 15 is 0 Å². The van der Waals surface area contributed by atoms with Crippen molar-refractivity contribution in [2.24, 2.45) is 5.41 Å². The normalized spacial score (nSPS) is 30.0. The summed E-state index contributed by atoms with van der Waals surface area (Å²) in [5.74, 6) is 0. The summed E-state index contributed by atoms with van der Waals surface area (Å²) in [5.41, 5.74) is 0.109. The average Bonchev–Trinajstić information content (AvgIpc) is 1.79. The molecule has 0 aromatic carbocycles. The molecular weight excluding hydrogens is 124 g/mol. The van der Waals surface area contributed by atoms with Crippen LogP contribution in [-0.4, -0.2) is 10.7 Å². The van der Waals surface area contributed by atoms with Crippen LogP contribution in [-0.2, 0) is 0 Å². The van der Waals surface area contributed by atoms with Crippen molar-refractivity contribution in [1.29, 1.82) is 0 Å². The van der Waals surface area contributed by atoms with Crippen LogP contribution in [0.3, 0.4) is 0 Å². The van der Waals surface area contributed by atoms with Crippen molar-refractivity contribution in [2.45, 2.75) is 52.1 Å². The zero-order chi connectivity index (χ0) is 7.83. The maximum atomic E-state index is 9.61. The molecule has 0 aromatic heterocycles. The lowest BCUT2D eigenvalue weighted by Gasteiger charge is -2.37. The van der Waals surface area contributed by atoms with Gasteiger partial charge in [-0.1, -0.05) is 13.8 Å². The summed E-state index contributed by atoms with van der Waals surface area (Å²) in [6, 6.07) is 0. The molecule has 1 rings (SSSR count). The van der Waals surface area contributed by atoms with Crippen molar-refractivity contribution in [3.8, 4) is 0 Å². The van der Waals surface area contributed by atoms with Crippen LogP contribution in [0.25, 0.3) is 0 Å². The van der Waals surface area contributed by atoms with E-state index in [4.69, 9.17) is 0 Å². The number of hydrogen-bond donors (Lipinski definition) is 1. The highest BCUT2D eigenvalue weighted by molar-refractivity contribution is 4.85. The molecule has 0 unspecified atom stereocenters. The topological polar surface area (TPSA) is 20.2 Å². The number of hydrogen-bond acceptors (Lipinski definition) is 1. The lowest BCUT2D eigenvalue weighted by atomic mass is 9.72. The maximum absolute atomic E-state index is 9.61. The van der Waals surface area contributed by atoms with Crippen molar-refractivity contribution in [3.63, 3.8) is 0 Å². The molecule has 0 saturated heterocycles. The molecule has 1 aliphatic carbocycles. The van der Waals surface area contributed by atoms with E-state index in [1.165, 1.54) is 12.8 Å². The molecule has 60 valence electrons. The summed E-state index contributed by atoms with van der Waals surface area (Å²) in [4.78, 5) is 0. The maximum Gasteiger partial charge on any atom is 0.0620 e. The summed E-state index contributed by atoms with van der Waals surface area (Å²) in [6.45, 7) is 6.51. The first-order valence-electron chi connectivity index (χ1n) is 4.14. The van der Waals surface area contributed by atoms with E-state index in [0.717, 1.165) is 12.8 Å². The lowest BCUT2D eigenvalue weighted by Crippen LogP contribution is -2.33. The summed E-state index contributed by atoms with van der Waals surface area (Å²) < 4.78 is 0. The highest BCUT2D eigenvalue weighted by Gasteiger charge is 2.32. The Morgan fingerprint density at radius 2 is 1.30 bits per heavy atom. The van der Waals surface area contributed by atoms with Gasteiger partial charge in [-0.3, -0.25) is 0 Å². The summed E-state index contributed by atoms with van der Waals surface area (Å²) in [6.07, 6.45) is 4.28. The minimum Gasteiger partial charge on any atom is -0.390 e. The summed E-state index contributed by atoms with van der Waals surface area (Å²) in [7, 11) is 0. The van der Waals surface area contributed by atoms with Crippen molar-refractivity contribution in [1.82, 2.24) is 0 Å². The molecule has 0 aromatic rings. The van der Waals surface area contributed by atoms with Crippen molar-refractivity contribution in [2.75, 3.05) is 0 Å². The Labute approximate surface area is 63.4 Å². The van der Waals surface area contributed by atoms with Gasteiger partial charge < -0.3 is 5.11 Å². The quantitative estimate of drug-likeness (QED) is 0.550. The Balaban J connectivity index is 2.46. The third kappa shape index (κ3) is 1.98. The lowest BCUT2D eigenvalue weighted by molar-refractivity contribution is -0.00972. The van der Waals surface area contributed by atoms with E-state index in [1.807, 2.05) is 6.92 Å². The number of rotatable bonds is 0. The second-order valence-corrected chi connectivity index (χ2v) is 4.66. The van der Waals surface area contributed by atoms with E-state index in [0.29, 0.717) is 5.41 Å². The van der Waals surface area contributed by atoms with Crippen molar-refractivity contribution < 1.29 is 5.11 Å². The minimum atomic E-state index is -0.366. The van der Waals surface area contributed by atoms with Gasteiger partial charge in [-0.05, 0) is 38.0 Å². The molecule has 0 radical (unpaired) electrons. The zero-order valence-corrected chi connectivity index (χ0v) is 7.28. The zero-order valence-electron chi connectivity index (χ0n) is 7.28. The van der Waals surface area contributed by atoms with Crippen LogP contribution in [0.15, 0.2) is 0 Å². The predicted molar refractivity (Wildman–Crippen MR) is 42.9 cm³/mol. The first kappa shape index (κ1) is 8.06. The molecule has 0 bridgehead atoms. The molecule has 0 heterocycles. The van der Waals surface area contributed by atoms with Gasteiger partial charge >= 0.3 is 0 Å². The van der Waals surface area contributed by atoms with Crippen LogP contribution in [0.4, 0.5) is 0 Å². The smallest absolute Gasteiger partial charge is 0.0620 e. The predicted octanol–water partition coefficient (Wildman–Crippen LogP) is 2.34. The van der Waals surface area contributed by atoms with Gasteiger partial charge in [0.1, 0.15) is 0 Å². The highest BCUT2D eigenvalue weighted by atomic mass is 16.3. The molecule has 1 fully saturated rings. The van der Waals surface area contributed by atoms with Gasteiger partial charge in [0.2, 0.25) is 0 Å². The van der Waals surface area contributed by atoms with Crippen LogP contribution < -0.4 is 0 Å². The van der Waals surface area contributed by atoms with Crippen LogP contribution in [0.5, 0.6) is 0 Å². The highest BCUT2D eigenvalue weighted by Crippen LogP contribution is 2.39. The molecule has 0 spiro atoms. The largest absolute Gasteiger partial charge is 0.390 e. The minimum absolute atomic E-state index is 0.366. The Kier molecular flexibility index (Phi) is 1.80. The third-order valence-corrected chi connectivity index (χ3v) is 2.68. The fourth-order valence-electron chi connectivity index (χ4n) is 1.47. The molecule has 1 nitrogen and oxygen atoms in total. The second-order valence-electron chi connectivity index (χ2n) is 4.66. The summed E-state index contributed by atoms with van der Waals surface area (Å²) in [5, 5.41) is 9.61. The van der Waals surface area contributed by atoms with Crippen molar-refractivity contribution >= 4 is 0 Å². The van der Waals surface area contributed by atoms with Crippen LogP contribution in [0, 0.1) is 5.41 Å². The molecule has 0 aliphatic heterocycles.